The fraction of sp³-hybridized carbons (Fsp3) is 0.387. The number of β-amino-alcohol motifs (C(OH)–C–C–N with tert-alkyl or cyclic N) is 1. The number of aromatic nitrogens is 1. The number of likely N-dealkylation sites (tertiary alicyclic amines) is 1. The van der Waals surface area contributed by atoms with Crippen molar-refractivity contribution in [2.24, 2.45) is 5.92 Å². The Balaban J connectivity index is 1.28. The monoisotopic (exact) mass is 556 g/mol. The van der Waals surface area contributed by atoms with Crippen LogP contribution < -0.4 is 0 Å². The number of fused-ring (bicyclic) bond motifs is 1. The summed E-state index contributed by atoms with van der Waals surface area (Å²) in [5.74, 6) is -0.902. The molecule has 5 rings (SSSR count). The Morgan fingerprint density at radius 1 is 1.20 bits per heavy atom. The van der Waals surface area contributed by atoms with Gasteiger partial charge in [0.15, 0.2) is 11.5 Å². The summed E-state index contributed by atoms with van der Waals surface area (Å²) in [6.45, 7) is 13.3. The molecule has 0 saturated carbocycles. The molecule has 0 aliphatic carbocycles. The van der Waals surface area contributed by atoms with Gasteiger partial charge in [-0.25, -0.2) is 9.83 Å². The van der Waals surface area contributed by atoms with Crippen LogP contribution in [0.3, 0.4) is 0 Å². The maximum Gasteiger partial charge on any atom is 0.253 e. The van der Waals surface area contributed by atoms with Crippen LogP contribution in [0, 0.1) is 19.4 Å². The summed E-state index contributed by atoms with van der Waals surface area (Å²) in [5, 5.41) is 10.5. The van der Waals surface area contributed by atoms with E-state index in [1.807, 2.05) is 50.5 Å². The lowest BCUT2D eigenvalue weighted by molar-refractivity contribution is -0.142. The Labute approximate surface area is 238 Å². The van der Waals surface area contributed by atoms with E-state index in [4.69, 9.17) is 6.57 Å². The highest BCUT2D eigenvalue weighted by atomic mass is 32.1. The van der Waals surface area contributed by atoms with Crippen LogP contribution in [0.2, 0.25) is 0 Å². The first-order valence-corrected chi connectivity index (χ1v) is 14.4. The van der Waals surface area contributed by atoms with Gasteiger partial charge in [-0.3, -0.25) is 14.4 Å². The fourth-order valence-corrected chi connectivity index (χ4v) is 6.56. The first kappa shape index (κ1) is 27.7. The van der Waals surface area contributed by atoms with Crippen molar-refractivity contribution < 1.29 is 19.5 Å². The van der Waals surface area contributed by atoms with Crippen molar-refractivity contribution in [3.63, 3.8) is 0 Å². The van der Waals surface area contributed by atoms with Crippen LogP contribution >= 0.6 is 11.3 Å². The number of aryl methyl sites for hydroxylation is 2. The molecule has 1 aromatic heterocycles. The number of aliphatic hydroxyl groups excluding tert-OH is 1. The van der Waals surface area contributed by atoms with Gasteiger partial charge in [0.05, 0.1) is 34.8 Å². The number of rotatable bonds is 8. The Bertz CT molecular complexity index is 1490. The molecular formula is C31H32N4O4S. The smallest absolute Gasteiger partial charge is 0.253 e. The normalized spacial score (nSPS) is 19.1. The molecular weight excluding hydrogens is 524 g/mol. The van der Waals surface area contributed by atoms with Gasteiger partial charge in [0, 0.05) is 31.5 Å². The van der Waals surface area contributed by atoms with E-state index < -0.39 is 18.2 Å². The van der Waals surface area contributed by atoms with E-state index in [1.54, 1.807) is 34.4 Å². The van der Waals surface area contributed by atoms with Crippen LogP contribution in [-0.2, 0) is 22.6 Å². The third-order valence-corrected chi connectivity index (χ3v) is 8.81. The van der Waals surface area contributed by atoms with Gasteiger partial charge in [0.2, 0.25) is 5.91 Å². The van der Waals surface area contributed by atoms with Crippen LogP contribution in [0.5, 0.6) is 0 Å². The van der Waals surface area contributed by atoms with Crippen LogP contribution in [-0.4, -0.2) is 62.2 Å². The number of thiazole rings is 1. The third kappa shape index (κ3) is 5.29. The zero-order valence-corrected chi connectivity index (χ0v) is 23.6. The van der Waals surface area contributed by atoms with Gasteiger partial charge in [0.25, 0.3) is 5.91 Å². The molecule has 9 heteroatoms. The van der Waals surface area contributed by atoms with Gasteiger partial charge in [0.1, 0.15) is 6.04 Å². The minimum atomic E-state index is -0.791. The maximum atomic E-state index is 13.9. The van der Waals surface area contributed by atoms with Crippen molar-refractivity contribution in [1.82, 2.24) is 14.8 Å². The number of hydrogen-bond acceptors (Lipinski definition) is 6. The average Bonchev–Trinajstić information content (AvgIpc) is 3.64. The summed E-state index contributed by atoms with van der Waals surface area (Å²) in [6, 6.07) is 11.6. The maximum absolute atomic E-state index is 13.9. The van der Waals surface area contributed by atoms with Crippen molar-refractivity contribution in [2.45, 2.75) is 64.8 Å². The van der Waals surface area contributed by atoms with E-state index in [0.717, 1.165) is 27.3 Å². The van der Waals surface area contributed by atoms with E-state index in [1.165, 1.54) is 4.90 Å². The summed E-state index contributed by atoms with van der Waals surface area (Å²) < 4.78 is 0. The number of carbonyl (C=O) groups excluding carboxylic acids is 3. The number of amides is 2. The number of benzene rings is 2. The van der Waals surface area contributed by atoms with E-state index in [2.05, 4.69) is 9.83 Å². The molecule has 206 valence electrons. The molecule has 40 heavy (non-hydrogen) atoms. The second-order valence-corrected chi connectivity index (χ2v) is 11.8. The first-order valence-electron chi connectivity index (χ1n) is 13.5. The molecule has 3 heterocycles. The fourth-order valence-electron chi connectivity index (χ4n) is 5.75. The minimum Gasteiger partial charge on any atom is -0.391 e. The SMILES string of the molecule is [C-]#[N+]c1ccc2c(c1)C(=O)N([C@H](C(=O)N1C[C@H](O)C[C@H]1C(=O)CCc1ccc(-c3scnc3C)cc1)C(C)C)C2. The van der Waals surface area contributed by atoms with Crippen molar-refractivity contribution in [1.29, 1.82) is 0 Å². The second kappa shape index (κ2) is 11.3. The molecule has 0 unspecified atom stereocenters. The highest BCUT2D eigenvalue weighted by molar-refractivity contribution is 7.13. The quantitative estimate of drug-likeness (QED) is 0.402. The van der Waals surface area contributed by atoms with Crippen LogP contribution in [0.1, 0.15) is 53.9 Å². The van der Waals surface area contributed by atoms with E-state index >= 15 is 0 Å². The van der Waals surface area contributed by atoms with Gasteiger partial charge >= 0.3 is 0 Å². The molecule has 2 amide bonds. The van der Waals surface area contributed by atoms with Crippen molar-refractivity contribution in [3.05, 3.63) is 81.8 Å². The number of hydrogen-bond donors (Lipinski definition) is 1. The van der Waals surface area contributed by atoms with Crippen LogP contribution in [0.25, 0.3) is 15.3 Å². The second-order valence-electron chi connectivity index (χ2n) is 10.9. The summed E-state index contributed by atoms with van der Waals surface area (Å²) in [6.07, 6.45) is 0.189. The van der Waals surface area contributed by atoms with Gasteiger partial charge in [-0.1, -0.05) is 50.2 Å². The molecule has 1 N–H and O–H groups in total. The van der Waals surface area contributed by atoms with Crippen molar-refractivity contribution in [3.8, 4) is 10.4 Å². The number of carbonyl (C=O) groups is 3. The van der Waals surface area contributed by atoms with E-state index in [0.29, 0.717) is 17.7 Å². The Kier molecular flexibility index (Phi) is 7.83. The zero-order valence-electron chi connectivity index (χ0n) is 22.8. The Hall–Kier alpha value is -3.87. The third-order valence-electron chi connectivity index (χ3n) is 7.83. The molecule has 0 radical (unpaired) electrons. The molecule has 2 aromatic carbocycles. The lowest BCUT2D eigenvalue weighted by Gasteiger charge is -2.35. The highest BCUT2D eigenvalue weighted by Crippen LogP contribution is 2.33. The van der Waals surface area contributed by atoms with Gasteiger partial charge < -0.3 is 14.9 Å². The van der Waals surface area contributed by atoms with Gasteiger partial charge in [-0.2, -0.15) is 0 Å². The van der Waals surface area contributed by atoms with Crippen LogP contribution in [0.4, 0.5) is 5.69 Å². The largest absolute Gasteiger partial charge is 0.391 e. The molecule has 0 spiro atoms. The highest BCUT2D eigenvalue weighted by Gasteiger charge is 2.45. The van der Waals surface area contributed by atoms with Gasteiger partial charge in [-0.05, 0) is 42.0 Å². The molecule has 8 nitrogen and oxygen atoms in total. The molecule has 2 aliphatic heterocycles. The molecule has 3 atom stereocenters. The van der Waals surface area contributed by atoms with E-state index in [9.17, 15) is 19.5 Å². The van der Waals surface area contributed by atoms with E-state index in [-0.39, 0.29) is 49.4 Å². The van der Waals surface area contributed by atoms with Crippen molar-refractivity contribution >= 4 is 34.6 Å². The molecule has 3 aromatic rings. The predicted molar refractivity (Wildman–Crippen MR) is 153 cm³/mol. The summed E-state index contributed by atoms with van der Waals surface area (Å²) in [4.78, 5) is 52.5. The van der Waals surface area contributed by atoms with Gasteiger partial charge in [-0.15, -0.1) is 11.3 Å². The standard InChI is InChI=1S/C31H32N4O4S/c1-18(2)28(35-15-22-10-11-23(32-4)13-25(22)30(35)38)31(39)34-16-24(36)14-26(34)27(37)12-7-20-5-8-21(9-6-20)29-19(3)33-17-40-29/h5-6,8-11,13,17-18,24,26,28,36H,7,12,14-16H2,1-3H3/t24-,26+,28+/m1/s1. The number of Topliss-reactive ketones (excluding diaryl/α,β-unsaturated/α-hetero) is 1. The molecule has 1 saturated heterocycles. The average molecular weight is 557 g/mol. The molecule has 1 fully saturated rings. The Morgan fingerprint density at radius 2 is 1.95 bits per heavy atom. The minimum absolute atomic E-state index is 0.0677. The number of nitrogens with zero attached hydrogens (tertiary/aromatic N) is 4. The molecule has 0 bridgehead atoms. The summed E-state index contributed by atoms with van der Waals surface area (Å²) >= 11 is 1.60. The summed E-state index contributed by atoms with van der Waals surface area (Å²) in [7, 11) is 0. The first-order chi connectivity index (χ1) is 19.2. The topological polar surface area (TPSA) is 95.2 Å². The predicted octanol–water partition coefficient (Wildman–Crippen LogP) is 4.81. The summed E-state index contributed by atoms with van der Waals surface area (Å²) in [5.41, 5.74) is 6.53. The molecule has 2 aliphatic rings. The Morgan fingerprint density at radius 3 is 2.60 bits per heavy atom. The zero-order chi connectivity index (χ0) is 28.6. The van der Waals surface area contributed by atoms with Crippen molar-refractivity contribution in [2.75, 3.05) is 6.54 Å². The lowest BCUT2D eigenvalue weighted by Crippen LogP contribution is -2.54. The number of aliphatic hydroxyl groups is 1. The van der Waals surface area contributed by atoms with Crippen LogP contribution in [0.15, 0.2) is 48.0 Å². The number of ketones is 1. The lowest BCUT2D eigenvalue weighted by atomic mass is 9.98.